The van der Waals surface area contributed by atoms with Crippen molar-refractivity contribution in [2.24, 2.45) is 0 Å². The Bertz CT molecular complexity index is 731. The zero-order chi connectivity index (χ0) is 15.4. The Morgan fingerprint density at radius 1 is 1.18 bits per heavy atom. The van der Waals surface area contributed by atoms with Crippen LogP contribution >= 0.6 is 0 Å². The Kier molecular flexibility index (Phi) is 4.10. The molecule has 0 bridgehead atoms. The minimum Gasteiger partial charge on any atom is -0.324 e. The van der Waals surface area contributed by atoms with Crippen molar-refractivity contribution in [1.82, 2.24) is 9.97 Å². The molecule has 1 heterocycles. The predicted molar refractivity (Wildman–Crippen MR) is 83.0 cm³/mol. The number of hydrogen-bond donors (Lipinski definition) is 1. The van der Waals surface area contributed by atoms with Crippen LogP contribution in [0.25, 0.3) is 0 Å². The van der Waals surface area contributed by atoms with Crippen molar-refractivity contribution in [2.75, 3.05) is 5.32 Å². The average Bonchev–Trinajstić information content (AvgIpc) is 2.71. The second kappa shape index (κ2) is 6.35. The number of fused-ring (bicyclic) bond motifs is 1. The fraction of sp³-hybridized carbons (Fsp3) is 0.294. The molecule has 0 saturated heterocycles. The summed E-state index contributed by atoms with van der Waals surface area (Å²) in [6.45, 7) is 0. The highest BCUT2D eigenvalue weighted by molar-refractivity contribution is 5.97. The number of rotatable bonds is 3. The summed E-state index contributed by atoms with van der Waals surface area (Å²) < 4.78 is 0. The second-order valence-corrected chi connectivity index (χ2v) is 5.34. The Hall–Kier alpha value is -2.74. The molecule has 0 radical (unpaired) electrons. The number of aromatic nitrogens is 2. The van der Waals surface area contributed by atoms with E-state index in [1.54, 1.807) is 6.20 Å². The van der Waals surface area contributed by atoms with Gasteiger partial charge < -0.3 is 5.32 Å². The van der Waals surface area contributed by atoms with Gasteiger partial charge in [-0.2, -0.15) is 5.26 Å². The van der Waals surface area contributed by atoms with Crippen molar-refractivity contribution in [1.29, 1.82) is 5.26 Å². The number of carbonyl (C=O) groups excluding carboxylic acids is 1. The van der Waals surface area contributed by atoms with Crippen molar-refractivity contribution in [3.63, 3.8) is 0 Å². The number of carbonyl (C=O) groups is 1. The fourth-order valence-electron chi connectivity index (χ4n) is 2.54. The third-order valence-electron chi connectivity index (χ3n) is 3.73. The maximum absolute atomic E-state index is 11.9. The second-order valence-electron chi connectivity index (χ2n) is 5.34. The van der Waals surface area contributed by atoms with Crippen LogP contribution in [0.3, 0.4) is 0 Å². The van der Waals surface area contributed by atoms with E-state index in [-0.39, 0.29) is 5.78 Å². The Morgan fingerprint density at radius 2 is 1.95 bits per heavy atom. The zero-order valence-electron chi connectivity index (χ0n) is 12.2. The van der Waals surface area contributed by atoms with Crippen molar-refractivity contribution in [2.45, 2.75) is 32.1 Å². The minimum absolute atomic E-state index is 0.139. The molecule has 0 saturated carbocycles. The van der Waals surface area contributed by atoms with Crippen LogP contribution in [-0.4, -0.2) is 15.8 Å². The summed E-state index contributed by atoms with van der Waals surface area (Å²) in [5.74, 6) is 0.640. The smallest absolute Gasteiger partial charge is 0.227 e. The maximum atomic E-state index is 11.9. The van der Waals surface area contributed by atoms with Crippen LogP contribution in [-0.2, 0) is 12.8 Å². The van der Waals surface area contributed by atoms with Crippen LogP contribution in [0.1, 0.15) is 40.9 Å². The van der Waals surface area contributed by atoms with E-state index in [0.717, 1.165) is 36.2 Å². The number of ketones is 1. The molecule has 1 aromatic carbocycles. The molecular weight excluding hydrogens is 276 g/mol. The largest absolute Gasteiger partial charge is 0.324 e. The molecule has 110 valence electrons. The molecule has 0 atom stereocenters. The summed E-state index contributed by atoms with van der Waals surface area (Å²) in [7, 11) is 0. The first-order chi connectivity index (χ1) is 10.8. The number of hydrogen-bond acceptors (Lipinski definition) is 5. The summed E-state index contributed by atoms with van der Waals surface area (Å²) in [4.78, 5) is 20.7. The number of nitrogens with zero attached hydrogens (tertiary/aromatic N) is 3. The predicted octanol–water partition coefficient (Wildman–Crippen LogP) is 3.20. The number of aryl methyl sites for hydroxylation is 1. The lowest BCUT2D eigenvalue weighted by molar-refractivity contribution is 0.0981. The van der Waals surface area contributed by atoms with Gasteiger partial charge in [0.2, 0.25) is 5.95 Å². The van der Waals surface area contributed by atoms with Crippen LogP contribution in [0.2, 0.25) is 0 Å². The quantitative estimate of drug-likeness (QED) is 0.879. The van der Waals surface area contributed by atoms with Gasteiger partial charge in [0.1, 0.15) is 0 Å². The van der Waals surface area contributed by atoms with Crippen LogP contribution in [0.4, 0.5) is 11.6 Å². The zero-order valence-corrected chi connectivity index (χ0v) is 12.2. The summed E-state index contributed by atoms with van der Waals surface area (Å²) in [5.41, 5.74) is 3.33. The van der Waals surface area contributed by atoms with Gasteiger partial charge in [-0.05, 0) is 37.0 Å². The van der Waals surface area contributed by atoms with Gasteiger partial charge in [-0.15, -0.1) is 0 Å². The summed E-state index contributed by atoms with van der Waals surface area (Å²) in [6, 6.07) is 9.71. The molecule has 2 aromatic rings. The molecule has 0 unspecified atom stereocenters. The maximum Gasteiger partial charge on any atom is 0.227 e. The van der Waals surface area contributed by atoms with Crippen LogP contribution < -0.4 is 5.32 Å². The van der Waals surface area contributed by atoms with E-state index in [1.807, 2.05) is 24.3 Å². The standard InChI is InChI=1S/C17H16N4O/c18-10-9-12-5-7-13(8-6-12)20-17-19-11-14-15(21-17)3-1-2-4-16(14)22/h5-8,11H,1-4,9H2,(H,19,20,21). The summed E-state index contributed by atoms with van der Waals surface area (Å²) >= 11 is 0. The number of benzene rings is 1. The van der Waals surface area contributed by atoms with E-state index in [9.17, 15) is 4.79 Å². The molecule has 5 heteroatoms. The van der Waals surface area contributed by atoms with Crippen LogP contribution in [0, 0.1) is 11.3 Å². The number of nitriles is 1. The summed E-state index contributed by atoms with van der Waals surface area (Å²) in [6.07, 6.45) is 5.33. The third-order valence-corrected chi connectivity index (χ3v) is 3.73. The molecule has 22 heavy (non-hydrogen) atoms. The van der Waals surface area contributed by atoms with Gasteiger partial charge >= 0.3 is 0 Å². The molecule has 0 spiro atoms. The topological polar surface area (TPSA) is 78.7 Å². The monoisotopic (exact) mass is 292 g/mol. The number of Topliss-reactive ketones (excluding diaryl/α,β-unsaturated/α-hetero) is 1. The molecule has 3 rings (SSSR count). The molecule has 0 amide bonds. The lowest BCUT2D eigenvalue weighted by atomic mass is 10.1. The highest BCUT2D eigenvalue weighted by Gasteiger charge is 2.17. The molecule has 0 fully saturated rings. The molecule has 1 aliphatic carbocycles. The van der Waals surface area contributed by atoms with Gasteiger partial charge in [-0.3, -0.25) is 4.79 Å². The van der Waals surface area contributed by atoms with Crippen molar-refractivity contribution in [3.05, 3.63) is 47.3 Å². The van der Waals surface area contributed by atoms with Gasteiger partial charge in [0.25, 0.3) is 0 Å². The van der Waals surface area contributed by atoms with E-state index in [2.05, 4.69) is 21.4 Å². The van der Waals surface area contributed by atoms with E-state index in [0.29, 0.717) is 24.4 Å². The Balaban J connectivity index is 1.80. The molecule has 5 nitrogen and oxygen atoms in total. The van der Waals surface area contributed by atoms with Gasteiger partial charge in [0, 0.05) is 18.3 Å². The van der Waals surface area contributed by atoms with Crippen molar-refractivity contribution >= 4 is 17.4 Å². The van der Waals surface area contributed by atoms with E-state index >= 15 is 0 Å². The highest BCUT2D eigenvalue weighted by Crippen LogP contribution is 2.21. The molecule has 1 aromatic heterocycles. The normalized spacial score (nSPS) is 13.9. The summed E-state index contributed by atoms with van der Waals surface area (Å²) in [5, 5.41) is 11.8. The van der Waals surface area contributed by atoms with Crippen molar-refractivity contribution in [3.8, 4) is 6.07 Å². The fourth-order valence-corrected chi connectivity index (χ4v) is 2.54. The van der Waals surface area contributed by atoms with Crippen molar-refractivity contribution < 1.29 is 4.79 Å². The number of anilines is 2. The van der Waals surface area contributed by atoms with E-state index in [4.69, 9.17) is 5.26 Å². The lowest BCUT2D eigenvalue weighted by Crippen LogP contribution is -2.06. The molecule has 0 aliphatic heterocycles. The highest BCUT2D eigenvalue weighted by atomic mass is 16.1. The Labute approximate surface area is 129 Å². The third kappa shape index (κ3) is 3.12. The number of nitrogens with one attached hydrogen (secondary N) is 1. The molecule has 1 N–H and O–H groups in total. The van der Waals surface area contributed by atoms with Gasteiger partial charge in [-0.25, -0.2) is 9.97 Å². The molecule has 1 aliphatic rings. The SMILES string of the molecule is N#CCc1ccc(Nc2ncc3c(n2)CCCCC3=O)cc1. The van der Waals surface area contributed by atoms with Gasteiger partial charge in [-0.1, -0.05) is 12.1 Å². The van der Waals surface area contributed by atoms with Crippen LogP contribution in [0.5, 0.6) is 0 Å². The van der Waals surface area contributed by atoms with Crippen LogP contribution in [0.15, 0.2) is 30.5 Å². The molecular formula is C17H16N4O. The first-order valence-corrected chi connectivity index (χ1v) is 7.38. The van der Waals surface area contributed by atoms with E-state index < -0.39 is 0 Å². The minimum atomic E-state index is 0.139. The van der Waals surface area contributed by atoms with E-state index in [1.165, 1.54) is 0 Å². The lowest BCUT2D eigenvalue weighted by Gasteiger charge is -2.08. The first kappa shape index (κ1) is 14.2. The average molecular weight is 292 g/mol. The van der Waals surface area contributed by atoms with Gasteiger partial charge in [0.15, 0.2) is 5.78 Å². The first-order valence-electron chi connectivity index (χ1n) is 7.38. The Morgan fingerprint density at radius 3 is 2.73 bits per heavy atom. The van der Waals surface area contributed by atoms with Gasteiger partial charge in [0.05, 0.1) is 23.7 Å².